The second-order valence-electron chi connectivity index (χ2n) is 3.17. The van der Waals surface area contributed by atoms with E-state index >= 15 is 0 Å². The summed E-state index contributed by atoms with van der Waals surface area (Å²) in [6.45, 7) is 5.53. The van der Waals surface area contributed by atoms with Crippen LogP contribution < -0.4 is 10.6 Å². The van der Waals surface area contributed by atoms with E-state index in [2.05, 4.69) is 10.6 Å². The predicted octanol–water partition coefficient (Wildman–Crippen LogP) is 0.814. The van der Waals surface area contributed by atoms with Gasteiger partial charge in [-0.25, -0.2) is 0 Å². The van der Waals surface area contributed by atoms with Crippen LogP contribution in [0.3, 0.4) is 0 Å². The maximum Gasteiger partial charge on any atom is 0.216 e. The number of rotatable bonds is 5. The molecule has 4 nitrogen and oxygen atoms in total. The van der Waals surface area contributed by atoms with E-state index in [0.29, 0.717) is 13.1 Å². The Labute approximate surface area is 83.7 Å². The van der Waals surface area contributed by atoms with Gasteiger partial charge in [-0.2, -0.15) is 0 Å². The van der Waals surface area contributed by atoms with Crippen LogP contribution in [0.15, 0.2) is 16.5 Å². The molecule has 0 radical (unpaired) electrons. The smallest absolute Gasteiger partial charge is 0.216 e. The van der Waals surface area contributed by atoms with Gasteiger partial charge in [0.05, 0.1) is 6.54 Å². The molecule has 1 aromatic heterocycles. The molecule has 0 saturated carbocycles. The third kappa shape index (κ3) is 4.09. The molecule has 1 amide bonds. The highest BCUT2D eigenvalue weighted by Crippen LogP contribution is 2.04. The van der Waals surface area contributed by atoms with Gasteiger partial charge in [0, 0.05) is 20.0 Å². The third-order valence-electron chi connectivity index (χ3n) is 1.77. The summed E-state index contributed by atoms with van der Waals surface area (Å²) < 4.78 is 5.36. The summed E-state index contributed by atoms with van der Waals surface area (Å²) in [5.41, 5.74) is 0. The van der Waals surface area contributed by atoms with Crippen molar-refractivity contribution in [3.05, 3.63) is 23.7 Å². The molecule has 2 N–H and O–H groups in total. The number of carbonyl (C=O) groups is 1. The maximum absolute atomic E-state index is 10.5. The maximum atomic E-state index is 10.5. The number of amides is 1. The Bertz CT molecular complexity index is 294. The Morgan fingerprint density at radius 1 is 1.43 bits per heavy atom. The van der Waals surface area contributed by atoms with Gasteiger partial charge in [0.1, 0.15) is 11.5 Å². The minimum atomic E-state index is 0.000595. The van der Waals surface area contributed by atoms with Crippen molar-refractivity contribution < 1.29 is 9.21 Å². The molecule has 1 aromatic rings. The molecule has 0 aliphatic heterocycles. The van der Waals surface area contributed by atoms with Gasteiger partial charge in [-0.3, -0.25) is 4.79 Å². The number of hydrogen-bond acceptors (Lipinski definition) is 3. The highest BCUT2D eigenvalue weighted by Gasteiger charge is 1.97. The van der Waals surface area contributed by atoms with Crippen LogP contribution in [0.4, 0.5) is 0 Å². The van der Waals surface area contributed by atoms with Gasteiger partial charge in [-0.1, -0.05) is 0 Å². The summed E-state index contributed by atoms with van der Waals surface area (Å²) in [5, 5.41) is 5.87. The third-order valence-corrected chi connectivity index (χ3v) is 1.77. The lowest BCUT2D eigenvalue weighted by atomic mass is 10.4. The standard InChI is InChI=1S/C10H16N2O2/c1-8-3-4-10(14-8)7-11-5-6-12-9(2)13/h3-4,11H,5-7H2,1-2H3,(H,12,13). The molecule has 0 aliphatic carbocycles. The van der Waals surface area contributed by atoms with Crippen LogP contribution in [-0.2, 0) is 11.3 Å². The van der Waals surface area contributed by atoms with E-state index in [9.17, 15) is 4.79 Å². The van der Waals surface area contributed by atoms with E-state index in [1.54, 1.807) is 0 Å². The number of hydrogen-bond donors (Lipinski definition) is 2. The van der Waals surface area contributed by atoms with Crippen LogP contribution in [0, 0.1) is 6.92 Å². The normalized spacial score (nSPS) is 10.1. The van der Waals surface area contributed by atoms with Crippen LogP contribution in [0.2, 0.25) is 0 Å². The molecule has 0 unspecified atom stereocenters. The summed E-state index contributed by atoms with van der Waals surface area (Å²) >= 11 is 0. The van der Waals surface area contributed by atoms with Gasteiger partial charge >= 0.3 is 0 Å². The monoisotopic (exact) mass is 196 g/mol. The number of furan rings is 1. The average molecular weight is 196 g/mol. The quantitative estimate of drug-likeness (QED) is 0.685. The Morgan fingerprint density at radius 3 is 2.79 bits per heavy atom. The van der Waals surface area contributed by atoms with Gasteiger partial charge in [-0.15, -0.1) is 0 Å². The zero-order valence-corrected chi connectivity index (χ0v) is 8.59. The number of nitrogens with one attached hydrogen (secondary N) is 2. The van der Waals surface area contributed by atoms with Crippen molar-refractivity contribution in [3.63, 3.8) is 0 Å². The fourth-order valence-electron chi connectivity index (χ4n) is 1.12. The van der Waals surface area contributed by atoms with Crippen LogP contribution in [-0.4, -0.2) is 19.0 Å². The summed E-state index contributed by atoms with van der Waals surface area (Å²) in [5.74, 6) is 1.84. The first-order valence-electron chi connectivity index (χ1n) is 4.69. The zero-order chi connectivity index (χ0) is 10.4. The first-order valence-corrected chi connectivity index (χ1v) is 4.69. The molecule has 1 heterocycles. The van der Waals surface area contributed by atoms with Crippen LogP contribution in [0.25, 0.3) is 0 Å². The van der Waals surface area contributed by atoms with E-state index in [1.165, 1.54) is 6.92 Å². The SMILES string of the molecule is CC(=O)NCCNCc1ccc(C)o1. The molecule has 0 aliphatic rings. The minimum Gasteiger partial charge on any atom is -0.465 e. The molecule has 14 heavy (non-hydrogen) atoms. The molecule has 4 heteroatoms. The van der Waals surface area contributed by atoms with Gasteiger partial charge in [0.2, 0.25) is 5.91 Å². The second kappa shape index (κ2) is 5.44. The van der Waals surface area contributed by atoms with Crippen LogP contribution >= 0.6 is 0 Å². The molecule has 0 bridgehead atoms. The van der Waals surface area contributed by atoms with E-state index in [4.69, 9.17) is 4.42 Å². The topological polar surface area (TPSA) is 54.3 Å². The van der Waals surface area contributed by atoms with Crippen molar-refractivity contribution in [2.75, 3.05) is 13.1 Å². The van der Waals surface area contributed by atoms with Crippen LogP contribution in [0.1, 0.15) is 18.4 Å². The van der Waals surface area contributed by atoms with Crippen molar-refractivity contribution in [1.82, 2.24) is 10.6 Å². The summed E-state index contributed by atoms with van der Waals surface area (Å²) in [6.07, 6.45) is 0. The van der Waals surface area contributed by atoms with Gasteiger partial charge in [-0.05, 0) is 19.1 Å². The Balaban J connectivity index is 2.07. The zero-order valence-electron chi connectivity index (χ0n) is 8.59. The summed E-state index contributed by atoms with van der Waals surface area (Å²) in [4.78, 5) is 10.5. The van der Waals surface area contributed by atoms with Crippen molar-refractivity contribution in [2.24, 2.45) is 0 Å². The lowest BCUT2D eigenvalue weighted by Crippen LogP contribution is -2.29. The summed E-state index contributed by atoms with van der Waals surface area (Å²) in [7, 11) is 0. The molecular formula is C10H16N2O2. The van der Waals surface area contributed by atoms with E-state index < -0.39 is 0 Å². The lowest BCUT2D eigenvalue weighted by Gasteiger charge is -2.02. The molecule has 0 spiro atoms. The Morgan fingerprint density at radius 2 is 2.21 bits per heavy atom. The first-order chi connectivity index (χ1) is 6.68. The Hall–Kier alpha value is -1.29. The highest BCUT2D eigenvalue weighted by atomic mass is 16.3. The molecule has 0 saturated heterocycles. The van der Waals surface area contributed by atoms with Crippen molar-refractivity contribution in [3.8, 4) is 0 Å². The van der Waals surface area contributed by atoms with E-state index in [0.717, 1.165) is 18.1 Å². The van der Waals surface area contributed by atoms with E-state index in [1.807, 2.05) is 19.1 Å². The molecule has 78 valence electrons. The van der Waals surface area contributed by atoms with Gasteiger partial charge < -0.3 is 15.1 Å². The Kier molecular flexibility index (Phi) is 4.19. The molecule has 0 aromatic carbocycles. The van der Waals surface area contributed by atoms with Crippen molar-refractivity contribution >= 4 is 5.91 Å². The largest absolute Gasteiger partial charge is 0.465 e. The number of aryl methyl sites for hydroxylation is 1. The average Bonchev–Trinajstić information content (AvgIpc) is 2.50. The van der Waals surface area contributed by atoms with Gasteiger partial charge in [0.25, 0.3) is 0 Å². The second-order valence-corrected chi connectivity index (χ2v) is 3.17. The van der Waals surface area contributed by atoms with Crippen molar-refractivity contribution in [1.29, 1.82) is 0 Å². The molecule has 1 rings (SSSR count). The first kappa shape index (κ1) is 10.8. The highest BCUT2D eigenvalue weighted by molar-refractivity contribution is 5.72. The van der Waals surface area contributed by atoms with Crippen LogP contribution in [0.5, 0.6) is 0 Å². The molecule has 0 fully saturated rings. The molecular weight excluding hydrogens is 180 g/mol. The van der Waals surface area contributed by atoms with Crippen molar-refractivity contribution in [2.45, 2.75) is 20.4 Å². The van der Waals surface area contributed by atoms with E-state index in [-0.39, 0.29) is 5.91 Å². The number of carbonyl (C=O) groups excluding carboxylic acids is 1. The predicted molar refractivity (Wildman–Crippen MR) is 53.8 cm³/mol. The van der Waals surface area contributed by atoms with Gasteiger partial charge in [0.15, 0.2) is 0 Å². The molecule has 0 atom stereocenters. The fourth-order valence-corrected chi connectivity index (χ4v) is 1.12. The summed E-state index contributed by atoms with van der Waals surface area (Å²) in [6, 6.07) is 3.88. The lowest BCUT2D eigenvalue weighted by molar-refractivity contribution is -0.118. The fraction of sp³-hybridized carbons (Fsp3) is 0.500. The minimum absolute atomic E-state index is 0.000595.